The summed E-state index contributed by atoms with van der Waals surface area (Å²) in [5.41, 5.74) is 1.70. The van der Waals surface area contributed by atoms with Crippen LogP contribution in [0, 0.1) is 0 Å². The van der Waals surface area contributed by atoms with E-state index in [1.807, 2.05) is 54.6 Å². The Labute approximate surface area is 141 Å². The molecule has 2 amide bonds. The Balaban J connectivity index is 1.82. The van der Waals surface area contributed by atoms with Crippen LogP contribution in [0.1, 0.15) is 17.2 Å². The minimum Gasteiger partial charge on any atom is -0.497 e. The molecule has 1 aliphatic heterocycles. The Morgan fingerprint density at radius 1 is 1.21 bits per heavy atom. The van der Waals surface area contributed by atoms with E-state index in [9.17, 15) is 9.59 Å². The number of rotatable bonds is 4. The van der Waals surface area contributed by atoms with Crippen LogP contribution in [0.5, 0.6) is 5.75 Å². The van der Waals surface area contributed by atoms with E-state index in [0.29, 0.717) is 13.1 Å². The van der Waals surface area contributed by atoms with E-state index in [1.165, 1.54) is 0 Å². The van der Waals surface area contributed by atoms with Crippen molar-refractivity contribution in [1.82, 2.24) is 10.2 Å². The average Bonchev–Trinajstić information content (AvgIpc) is 2.62. The van der Waals surface area contributed by atoms with Crippen LogP contribution in [-0.2, 0) is 16.0 Å². The predicted octanol–water partition coefficient (Wildman–Crippen LogP) is 1.94. The molecule has 2 aromatic rings. The molecule has 2 aromatic carbocycles. The molecule has 1 atom stereocenters. The maximum atomic E-state index is 12.8. The van der Waals surface area contributed by atoms with E-state index in [2.05, 4.69) is 5.32 Å². The van der Waals surface area contributed by atoms with E-state index in [0.717, 1.165) is 16.9 Å². The number of hydrogen-bond donors (Lipinski definition) is 1. The summed E-state index contributed by atoms with van der Waals surface area (Å²) in [4.78, 5) is 26.8. The maximum Gasteiger partial charge on any atom is 0.247 e. The Morgan fingerprint density at radius 3 is 2.75 bits per heavy atom. The summed E-state index contributed by atoms with van der Waals surface area (Å²) in [7, 11) is 1.60. The van der Waals surface area contributed by atoms with E-state index in [4.69, 9.17) is 4.74 Å². The molecule has 0 aromatic heterocycles. The second-order valence-electron chi connectivity index (χ2n) is 5.72. The summed E-state index contributed by atoms with van der Waals surface area (Å²) in [6, 6.07) is 16.3. The number of piperazine rings is 1. The van der Waals surface area contributed by atoms with Gasteiger partial charge in [-0.05, 0) is 23.3 Å². The van der Waals surface area contributed by atoms with E-state index in [1.54, 1.807) is 12.0 Å². The van der Waals surface area contributed by atoms with Crippen LogP contribution in [0.4, 0.5) is 0 Å². The Morgan fingerprint density at radius 2 is 2.00 bits per heavy atom. The molecule has 5 nitrogen and oxygen atoms in total. The van der Waals surface area contributed by atoms with Gasteiger partial charge in [0.1, 0.15) is 11.8 Å². The molecule has 1 unspecified atom stereocenters. The van der Waals surface area contributed by atoms with E-state index >= 15 is 0 Å². The number of hydrogen-bond acceptors (Lipinski definition) is 3. The summed E-state index contributed by atoms with van der Waals surface area (Å²) in [6.07, 6.45) is 0.244. The minimum absolute atomic E-state index is 0.0630. The average molecular weight is 324 g/mol. The zero-order valence-corrected chi connectivity index (χ0v) is 13.6. The smallest absolute Gasteiger partial charge is 0.247 e. The fourth-order valence-electron chi connectivity index (χ4n) is 2.96. The lowest BCUT2D eigenvalue weighted by atomic mass is 10.0. The highest BCUT2D eigenvalue weighted by Gasteiger charge is 2.33. The van der Waals surface area contributed by atoms with Gasteiger partial charge in [-0.3, -0.25) is 9.59 Å². The van der Waals surface area contributed by atoms with Crippen LogP contribution in [0.15, 0.2) is 54.6 Å². The van der Waals surface area contributed by atoms with Gasteiger partial charge in [0.25, 0.3) is 0 Å². The van der Waals surface area contributed by atoms with Gasteiger partial charge in [-0.15, -0.1) is 0 Å². The first-order valence-corrected chi connectivity index (χ1v) is 7.94. The summed E-state index contributed by atoms with van der Waals surface area (Å²) >= 11 is 0. The zero-order valence-electron chi connectivity index (χ0n) is 13.6. The molecule has 24 heavy (non-hydrogen) atoms. The molecule has 1 fully saturated rings. The minimum atomic E-state index is -0.571. The van der Waals surface area contributed by atoms with Crippen LogP contribution in [0.3, 0.4) is 0 Å². The number of nitrogens with one attached hydrogen (secondary N) is 1. The third-order valence-corrected chi connectivity index (χ3v) is 4.14. The Kier molecular flexibility index (Phi) is 4.79. The van der Waals surface area contributed by atoms with Crippen molar-refractivity contribution < 1.29 is 14.3 Å². The number of benzene rings is 2. The molecule has 0 saturated carbocycles. The molecule has 3 rings (SSSR count). The van der Waals surface area contributed by atoms with Crippen molar-refractivity contribution in [2.24, 2.45) is 0 Å². The molecule has 0 spiro atoms. The first-order valence-electron chi connectivity index (χ1n) is 7.94. The lowest BCUT2D eigenvalue weighted by Crippen LogP contribution is -2.52. The standard InChI is InChI=1S/C19H20N2O3/c1-24-16-9-5-6-14(12-16)13-17(22)21-11-10-20-19(23)18(21)15-7-3-2-4-8-15/h2-9,12,18H,10-11,13H2,1H3,(H,20,23). The normalized spacial score (nSPS) is 17.3. The van der Waals surface area contributed by atoms with Crippen LogP contribution in [0.2, 0.25) is 0 Å². The number of nitrogens with zero attached hydrogens (tertiary/aromatic N) is 1. The summed E-state index contributed by atoms with van der Waals surface area (Å²) in [6.45, 7) is 0.986. The van der Waals surface area contributed by atoms with Gasteiger partial charge in [-0.25, -0.2) is 0 Å². The second kappa shape index (κ2) is 7.17. The molecule has 0 radical (unpaired) electrons. The molecular weight excluding hydrogens is 304 g/mol. The largest absolute Gasteiger partial charge is 0.497 e. The maximum absolute atomic E-state index is 12.8. The van der Waals surface area contributed by atoms with Gasteiger partial charge >= 0.3 is 0 Å². The number of ether oxygens (including phenoxy) is 1. The van der Waals surface area contributed by atoms with Gasteiger partial charge < -0.3 is 15.0 Å². The first-order chi connectivity index (χ1) is 11.7. The van der Waals surface area contributed by atoms with E-state index < -0.39 is 6.04 Å². The van der Waals surface area contributed by atoms with Gasteiger partial charge in [0.2, 0.25) is 11.8 Å². The van der Waals surface area contributed by atoms with Crippen LogP contribution in [0.25, 0.3) is 0 Å². The Bertz CT molecular complexity index is 730. The van der Waals surface area contributed by atoms with Crippen molar-refractivity contribution >= 4 is 11.8 Å². The van der Waals surface area contributed by atoms with Crippen molar-refractivity contribution in [3.63, 3.8) is 0 Å². The van der Waals surface area contributed by atoms with E-state index in [-0.39, 0.29) is 18.2 Å². The van der Waals surface area contributed by atoms with Crippen molar-refractivity contribution in [3.8, 4) is 5.75 Å². The second-order valence-corrected chi connectivity index (χ2v) is 5.72. The van der Waals surface area contributed by atoms with Gasteiger partial charge in [0, 0.05) is 13.1 Å². The molecule has 1 heterocycles. The molecule has 0 bridgehead atoms. The monoisotopic (exact) mass is 324 g/mol. The molecule has 1 saturated heterocycles. The van der Waals surface area contributed by atoms with Gasteiger partial charge in [0.15, 0.2) is 0 Å². The van der Waals surface area contributed by atoms with Crippen molar-refractivity contribution in [1.29, 1.82) is 0 Å². The van der Waals surface area contributed by atoms with Crippen molar-refractivity contribution in [2.75, 3.05) is 20.2 Å². The summed E-state index contributed by atoms with van der Waals surface area (Å²) in [5, 5.41) is 2.84. The number of carbonyl (C=O) groups excluding carboxylic acids is 2. The quantitative estimate of drug-likeness (QED) is 0.935. The molecule has 5 heteroatoms. The third-order valence-electron chi connectivity index (χ3n) is 4.14. The number of amides is 2. The molecule has 124 valence electrons. The highest BCUT2D eigenvalue weighted by Crippen LogP contribution is 2.24. The van der Waals surface area contributed by atoms with Crippen LogP contribution < -0.4 is 10.1 Å². The zero-order chi connectivity index (χ0) is 16.9. The van der Waals surface area contributed by atoms with Gasteiger partial charge in [-0.1, -0.05) is 42.5 Å². The lowest BCUT2D eigenvalue weighted by molar-refractivity contribution is -0.143. The lowest BCUT2D eigenvalue weighted by Gasteiger charge is -2.35. The third kappa shape index (κ3) is 3.40. The molecular formula is C19H20N2O3. The predicted molar refractivity (Wildman–Crippen MR) is 90.6 cm³/mol. The number of carbonyl (C=O) groups is 2. The fourth-order valence-corrected chi connectivity index (χ4v) is 2.96. The van der Waals surface area contributed by atoms with Crippen molar-refractivity contribution in [3.05, 3.63) is 65.7 Å². The number of methoxy groups -OCH3 is 1. The molecule has 1 aliphatic rings. The summed E-state index contributed by atoms with van der Waals surface area (Å²) < 4.78 is 5.20. The summed E-state index contributed by atoms with van der Waals surface area (Å²) in [5.74, 6) is 0.523. The Hall–Kier alpha value is -2.82. The SMILES string of the molecule is COc1cccc(CC(=O)N2CCNC(=O)C2c2ccccc2)c1. The molecule has 1 N–H and O–H groups in total. The van der Waals surface area contributed by atoms with Crippen molar-refractivity contribution in [2.45, 2.75) is 12.5 Å². The van der Waals surface area contributed by atoms with Gasteiger partial charge in [0.05, 0.1) is 13.5 Å². The van der Waals surface area contributed by atoms with Gasteiger partial charge in [-0.2, -0.15) is 0 Å². The fraction of sp³-hybridized carbons (Fsp3) is 0.263. The topological polar surface area (TPSA) is 58.6 Å². The molecule has 0 aliphatic carbocycles. The first kappa shape index (κ1) is 16.1. The van der Waals surface area contributed by atoms with Crippen LogP contribution >= 0.6 is 0 Å². The highest BCUT2D eigenvalue weighted by atomic mass is 16.5. The van der Waals surface area contributed by atoms with Crippen LogP contribution in [-0.4, -0.2) is 36.9 Å². The highest BCUT2D eigenvalue weighted by molar-refractivity contribution is 5.90.